The van der Waals surface area contributed by atoms with Crippen LogP contribution in [0.4, 0.5) is 34.7 Å². The summed E-state index contributed by atoms with van der Waals surface area (Å²) in [5.41, 5.74) is -1.35. The van der Waals surface area contributed by atoms with Gasteiger partial charge in [0.2, 0.25) is 0 Å². The predicted octanol–water partition coefficient (Wildman–Crippen LogP) is 3.37. The van der Waals surface area contributed by atoms with Crippen LogP contribution in [0.1, 0.15) is 0 Å². The molecular formula is C4H5F8N2P. The summed E-state index contributed by atoms with van der Waals surface area (Å²) in [7, 11) is -5.67. The van der Waals surface area contributed by atoms with Crippen molar-refractivity contribution in [1.29, 1.82) is 0 Å². The van der Waals surface area contributed by atoms with Crippen LogP contribution >= 0.6 is 7.68 Å². The van der Waals surface area contributed by atoms with E-state index in [1.54, 1.807) is 0 Å². The molecule has 0 heterocycles. The number of nitrogens with two attached hydrogens (primary N) is 1. The number of hydrogen-bond donors (Lipinski definition) is 1. The van der Waals surface area contributed by atoms with E-state index in [-0.39, 0.29) is 6.66 Å². The number of alkyl halides is 6. The fourth-order valence-electron chi connectivity index (χ4n) is 0.551. The minimum atomic E-state index is -6.12. The molecule has 0 aromatic carbocycles. The van der Waals surface area contributed by atoms with Gasteiger partial charge in [0.25, 0.3) is 7.68 Å². The lowest BCUT2D eigenvalue weighted by molar-refractivity contribution is -0.293. The molecule has 0 rings (SSSR count). The molecule has 0 aliphatic rings. The maximum absolute atomic E-state index is 12.1. The number of rotatable bonds is 1. The van der Waals surface area contributed by atoms with E-state index in [1.807, 2.05) is 0 Å². The molecule has 0 bridgehead atoms. The quantitative estimate of drug-likeness (QED) is 0.572. The maximum atomic E-state index is 12.1. The lowest BCUT2D eigenvalue weighted by Crippen LogP contribution is -2.62. The van der Waals surface area contributed by atoms with E-state index in [4.69, 9.17) is 0 Å². The highest BCUT2D eigenvalue weighted by Crippen LogP contribution is 2.55. The van der Waals surface area contributed by atoms with Gasteiger partial charge < -0.3 is 0 Å². The smallest absolute Gasteiger partial charge is 0.292 e. The zero-order valence-corrected chi connectivity index (χ0v) is 7.89. The van der Waals surface area contributed by atoms with E-state index in [9.17, 15) is 34.7 Å². The van der Waals surface area contributed by atoms with Crippen molar-refractivity contribution in [1.82, 2.24) is 0 Å². The topological polar surface area (TPSA) is 38.4 Å². The fraction of sp³-hybridized carbons (Fsp3) is 1.00. The zero-order valence-electron chi connectivity index (χ0n) is 7.00. The van der Waals surface area contributed by atoms with Gasteiger partial charge in [-0.05, 0) is 0 Å². The van der Waals surface area contributed by atoms with E-state index in [2.05, 4.69) is 5.73 Å². The first-order valence-electron chi connectivity index (χ1n) is 3.13. The molecule has 0 amide bonds. The van der Waals surface area contributed by atoms with Crippen LogP contribution in [-0.4, -0.2) is 24.7 Å². The standard InChI is InChI=1S/C4H5F8N2P/c1-15(11,12)14-2(13,3(5,6)7)4(8,9)10/h13H2,1H3. The van der Waals surface area contributed by atoms with Crippen molar-refractivity contribution in [3.63, 3.8) is 0 Å². The van der Waals surface area contributed by atoms with E-state index < -0.39 is 25.7 Å². The Labute approximate surface area is 78.7 Å². The predicted molar refractivity (Wildman–Crippen MR) is 36.5 cm³/mol. The molecular weight excluding hydrogens is 259 g/mol. The molecule has 2 N–H and O–H groups in total. The highest BCUT2D eigenvalue weighted by Gasteiger charge is 2.70. The van der Waals surface area contributed by atoms with Gasteiger partial charge in [-0.3, -0.25) is 5.73 Å². The van der Waals surface area contributed by atoms with Crippen LogP contribution in [0.5, 0.6) is 0 Å². The third-order valence-electron chi connectivity index (χ3n) is 1.20. The Hall–Kier alpha value is -0.370. The molecule has 0 aromatic heterocycles. The SMILES string of the molecule is CP(F)(F)=NC(N)(C(F)(F)F)C(F)(F)F. The molecule has 0 saturated carbocycles. The molecule has 0 aliphatic heterocycles. The first kappa shape index (κ1) is 14.6. The number of nitrogens with zero attached hydrogens (tertiary/aromatic N) is 1. The minimum Gasteiger partial charge on any atom is -0.292 e. The fourth-order valence-corrected chi connectivity index (χ4v) is 1.33. The van der Waals surface area contributed by atoms with Crippen molar-refractivity contribution in [3.05, 3.63) is 0 Å². The second kappa shape index (κ2) is 3.58. The van der Waals surface area contributed by atoms with E-state index in [0.29, 0.717) is 0 Å². The van der Waals surface area contributed by atoms with Crippen LogP contribution in [0.3, 0.4) is 0 Å². The van der Waals surface area contributed by atoms with Crippen LogP contribution in [0.2, 0.25) is 0 Å². The van der Waals surface area contributed by atoms with Crippen LogP contribution in [0.15, 0.2) is 4.74 Å². The van der Waals surface area contributed by atoms with E-state index in [1.165, 1.54) is 4.74 Å². The maximum Gasteiger partial charge on any atom is 0.436 e. The molecule has 0 unspecified atom stereocenters. The lowest BCUT2D eigenvalue weighted by Gasteiger charge is -2.30. The average molecular weight is 264 g/mol. The van der Waals surface area contributed by atoms with Gasteiger partial charge in [-0.1, -0.05) is 0 Å². The Bertz CT molecular complexity index is 262. The molecule has 0 aliphatic carbocycles. The number of halogens is 8. The Morgan fingerprint density at radius 2 is 1.20 bits per heavy atom. The van der Waals surface area contributed by atoms with Crippen molar-refractivity contribution in [3.8, 4) is 0 Å². The molecule has 0 radical (unpaired) electrons. The van der Waals surface area contributed by atoms with Crippen molar-refractivity contribution >= 4 is 7.68 Å². The molecule has 0 fully saturated rings. The third-order valence-corrected chi connectivity index (χ3v) is 1.86. The summed E-state index contributed by atoms with van der Waals surface area (Å²) in [5.74, 6) is 0. The van der Waals surface area contributed by atoms with Crippen molar-refractivity contribution in [2.45, 2.75) is 18.0 Å². The van der Waals surface area contributed by atoms with Gasteiger partial charge in [0.15, 0.2) is 0 Å². The monoisotopic (exact) mass is 264 g/mol. The summed E-state index contributed by atoms with van der Waals surface area (Å²) in [4.78, 5) is 0. The summed E-state index contributed by atoms with van der Waals surface area (Å²) in [6, 6.07) is 0. The van der Waals surface area contributed by atoms with Crippen molar-refractivity contribution in [2.24, 2.45) is 10.5 Å². The van der Waals surface area contributed by atoms with Crippen LogP contribution in [-0.2, 0) is 0 Å². The van der Waals surface area contributed by atoms with Crippen LogP contribution in [0.25, 0.3) is 0 Å². The molecule has 0 spiro atoms. The lowest BCUT2D eigenvalue weighted by atomic mass is 10.2. The second-order valence-corrected chi connectivity index (χ2v) is 4.32. The summed E-state index contributed by atoms with van der Waals surface area (Å²) in [5, 5.41) is 0. The molecule has 0 atom stereocenters. The molecule has 11 heteroatoms. The molecule has 92 valence electrons. The van der Waals surface area contributed by atoms with Gasteiger partial charge in [-0.25, -0.2) is 4.74 Å². The second-order valence-electron chi connectivity index (χ2n) is 2.62. The van der Waals surface area contributed by atoms with Crippen LogP contribution in [0, 0.1) is 0 Å². The van der Waals surface area contributed by atoms with Gasteiger partial charge >= 0.3 is 18.0 Å². The first-order valence-corrected chi connectivity index (χ1v) is 5.10. The van der Waals surface area contributed by atoms with Gasteiger partial charge in [-0.2, -0.15) is 34.7 Å². The van der Waals surface area contributed by atoms with Gasteiger partial charge in [0.1, 0.15) is 0 Å². The Kier molecular flexibility index (Phi) is 3.50. The highest BCUT2D eigenvalue weighted by atomic mass is 31.2. The average Bonchev–Trinajstić information content (AvgIpc) is 1.77. The Balaban J connectivity index is 5.67. The number of hydrogen-bond acceptors (Lipinski definition) is 2. The van der Waals surface area contributed by atoms with E-state index >= 15 is 0 Å². The summed E-state index contributed by atoms with van der Waals surface area (Å²) in [6.07, 6.45) is -12.2. The Morgan fingerprint density at radius 3 is 1.27 bits per heavy atom. The van der Waals surface area contributed by atoms with Gasteiger partial charge in [-0.15, -0.1) is 0 Å². The summed E-state index contributed by atoms with van der Waals surface area (Å²) >= 11 is 0. The highest BCUT2D eigenvalue weighted by molar-refractivity contribution is 7.54. The minimum absolute atomic E-state index is 0.119. The molecule has 15 heavy (non-hydrogen) atoms. The van der Waals surface area contributed by atoms with E-state index in [0.717, 1.165) is 0 Å². The first-order chi connectivity index (χ1) is 6.21. The third kappa shape index (κ3) is 3.30. The molecule has 0 aromatic rings. The summed E-state index contributed by atoms with van der Waals surface area (Å²) < 4.78 is 96.9. The van der Waals surface area contributed by atoms with Crippen molar-refractivity contribution < 1.29 is 34.7 Å². The van der Waals surface area contributed by atoms with Crippen molar-refractivity contribution in [2.75, 3.05) is 6.66 Å². The van der Waals surface area contributed by atoms with Gasteiger partial charge in [0.05, 0.1) is 0 Å². The summed E-state index contributed by atoms with van der Waals surface area (Å²) in [6.45, 7) is -0.119. The normalized spacial score (nSPS) is 15.3. The largest absolute Gasteiger partial charge is 0.436 e. The Morgan fingerprint density at radius 1 is 0.933 bits per heavy atom. The van der Waals surface area contributed by atoms with Crippen LogP contribution < -0.4 is 5.73 Å². The molecule has 2 nitrogen and oxygen atoms in total. The molecule has 0 saturated heterocycles. The zero-order chi connectivity index (χ0) is 12.7. The van der Waals surface area contributed by atoms with Gasteiger partial charge in [0, 0.05) is 6.66 Å².